The highest BCUT2D eigenvalue weighted by Crippen LogP contribution is 2.43. The predicted molar refractivity (Wildman–Crippen MR) is 117 cm³/mol. The number of fused-ring (bicyclic) bond motifs is 1. The molecule has 2 aromatic carbocycles. The number of hydrogen-bond acceptors (Lipinski definition) is 4. The van der Waals surface area contributed by atoms with Crippen molar-refractivity contribution in [3.63, 3.8) is 0 Å². The van der Waals surface area contributed by atoms with E-state index in [0.717, 1.165) is 11.1 Å². The molecule has 0 fully saturated rings. The van der Waals surface area contributed by atoms with Crippen molar-refractivity contribution in [2.75, 3.05) is 19.7 Å². The molecule has 0 saturated heterocycles. The van der Waals surface area contributed by atoms with E-state index in [4.69, 9.17) is 25.8 Å². The van der Waals surface area contributed by atoms with Crippen LogP contribution >= 0.6 is 11.6 Å². The van der Waals surface area contributed by atoms with Crippen molar-refractivity contribution in [2.45, 2.75) is 38.9 Å². The minimum absolute atomic E-state index is 0.194. The second-order valence-corrected chi connectivity index (χ2v) is 9.06. The van der Waals surface area contributed by atoms with Crippen molar-refractivity contribution >= 4 is 23.3 Å². The van der Waals surface area contributed by atoms with Crippen LogP contribution in [0.15, 0.2) is 42.5 Å². The van der Waals surface area contributed by atoms with Crippen LogP contribution < -0.4 is 9.47 Å². The molecule has 2 aromatic rings. The Hall–Kier alpha value is -2.73. The minimum Gasteiger partial charge on any atom is -0.485 e. The van der Waals surface area contributed by atoms with Crippen molar-refractivity contribution < 1.29 is 23.4 Å². The molecule has 1 unspecified atom stereocenters. The number of para-hydroxylation sites is 1. The van der Waals surface area contributed by atoms with Crippen molar-refractivity contribution in [1.29, 1.82) is 0 Å². The van der Waals surface area contributed by atoms with Crippen LogP contribution in [0.3, 0.4) is 0 Å². The van der Waals surface area contributed by atoms with Gasteiger partial charge in [0.05, 0.1) is 0 Å². The molecule has 164 valence electrons. The van der Waals surface area contributed by atoms with E-state index >= 15 is 0 Å². The lowest BCUT2D eigenvalue weighted by atomic mass is 9.97. The summed E-state index contributed by atoms with van der Waals surface area (Å²) in [6.07, 6.45) is 1.82. The van der Waals surface area contributed by atoms with Gasteiger partial charge in [-0.05, 0) is 51.0 Å². The molecule has 7 heteroatoms. The van der Waals surface area contributed by atoms with Gasteiger partial charge in [0, 0.05) is 29.2 Å². The predicted octanol–water partition coefficient (Wildman–Crippen LogP) is 6.02. The fraction of sp³-hybridized carbons (Fsp3) is 0.375. The van der Waals surface area contributed by atoms with Crippen LogP contribution in [-0.4, -0.2) is 36.3 Å². The van der Waals surface area contributed by atoms with Gasteiger partial charge in [0.25, 0.3) is 0 Å². The molecular weight excluding hydrogens is 421 g/mol. The maximum Gasteiger partial charge on any atom is 0.410 e. The third kappa shape index (κ3) is 4.79. The first-order chi connectivity index (χ1) is 14.7. The molecule has 0 bridgehead atoms. The van der Waals surface area contributed by atoms with Crippen molar-refractivity contribution in [3.8, 4) is 11.5 Å². The highest BCUT2D eigenvalue weighted by Gasteiger charge is 2.29. The maximum absolute atomic E-state index is 14.3. The Morgan fingerprint density at radius 1 is 1.26 bits per heavy atom. The lowest BCUT2D eigenvalue weighted by molar-refractivity contribution is 0.0270. The normalized spacial score (nSPS) is 18.4. The van der Waals surface area contributed by atoms with E-state index < -0.39 is 17.5 Å². The van der Waals surface area contributed by atoms with E-state index in [1.807, 2.05) is 45.0 Å². The first kappa shape index (κ1) is 21.5. The average molecular weight is 446 g/mol. The SMILES string of the molecule is CC(C)(C)OC(=O)N1CC=C(c2cccc3c2OCC(c2ccc(Cl)cc2F)O3)CC1. The lowest BCUT2D eigenvalue weighted by Gasteiger charge is -2.31. The monoisotopic (exact) mass is 445 g/mol. The molecule has 0 saturated carbocycles. The largest absolute Gasteiger partial charge is 0.485 e. The van der Waals surface area contributed by atoms with Gasteiger partial charge in [0.2, 0.25) is 0 Å². The topological polar surface area (TPSA) is 48.0 Å². The number of ether oxygens (including phenoxy) is 3. The Balaban J connectivity index is 1.51. The van der Waals surface area contributed by atoms with E-state index in [9.17, 15) is 9.18 Å². The number of benzene rings is 2. The Kier molecular flexibility index (Phi) is 5.84. The number of rotatable bonds is 2. The maximum atomic E-state index is 14.3. The van der Waals surface area contributed by atoms with Crippen LogP contribution in [0.5, 0.6) is 11.5 Å². The summed E-state index contributed by atoms with van der Waals surface area (Å²) < 4.78 is 31.9. The first-order valence-corrected chi connectivity index (χ1v) is 10.6. The quantitative estimate of drug-likeness (QED) is 0.567. The van der Waals surface area contributed by atoms with E-state index in [1.165, 1.54) is 6.07 Å². The van der Waals surface area contributed by atoms with E-state index in [1.54, 1.807) is 17.0 Å². The summed E-state index contributed by atoms with van der Waals surface area (Å²) in [7, 11) is 0. The van der Waals surface area contributed by atoms with Gasteiger partial charge in [0.15, 0.2) is 17.6 Å². The smallest absolute Gasteiger partial charge is 0.410 e. The van der Waals surface area contributed by atoms with Crippen molar-refractivity contribution in [2.24, 2.45) is 0 Å². The molecule has 4 rings (SSSR count). The number of amides is 1. The van der Waals surface area contributed by atoms with Crippen molar-refractivity contribution in [3.05, 3.63) is 64.4 Å². The number of carbonyl (C=O) groups is 1. The van der Waals surface area contributed by atoms with Gasteiger partial charge < -0.3 is 19.1 Å². The number of nitrogens with zero attached hydrogens (tertiary/aromatic N) is 1. The molecule has 0 aromatic heterocycles. The lowest BCUT2D eigenvalue weighted by Crippen LogP contribution is -2.39. The fourth-order valence-corrected chi connectivity index (χ4v) is 3.84. The van der Waals surface area contributed by atoms with Crippen LogP contribution in [0.25, 0.3) is 5.57 Å². The van der Waals surface area contributed by atoms with Crippen LogP contribution in [0.4, 0.5) is 9.18 Å². The summed E-state index contributed by atoms with van der Waals surface area (Å²) in [5, 5.41) is 0.338. The summed E-state index contributed by atoms with van der Waals surface area (Å²) >= 11 is 5.85. The molecule has 31 heavy (non-hydrogen) atoms. The first-order valence-electron chi connectivity index (χ1n) is 10.3. The van der Waals surface area contributed by atoms with Crippen LogP contribution in [-0.2, 0) is 4.74 Å². The van der Waals surface area contributed by atoms with Crippen LogP contribution in [0, 0.1) is 5.82 Å². The Morgan fingerprint density at radius 2 is 2.06 bits per heavy atom. The second-order valence-electron chi connectivity index (χ2n) is 8.62. The molecule has 1 atom stereocenters. The van der Waals surface area contributed by atoms with Gasteiger partial charge in [-0.25, -0.2) is 9.18 Å². The number of carbonyl (C=O) groups excluding carboxylic acids is 1. The summed E-state index contributed by atoms with van der Waals surface area (Å²) in [5.41, 5.74) is 1.89. The molecular formula is C24H25ClFNO4. The molecule has 0 N–H and O–H groups in total. The third-order valence-electron chi connectivity index (χ3n) is 5.14. The molecule has 0 aliphatic carbocycles. The zero-order chi connectivity index (χ0) is 22.2. The summed E-state index contributed by atoms with van der Waals surface area (Å²) in [6.45, 7) is 6.78. The highest BCUT2D eigenvalue weighted by atomic mass is 35.5. The molecule has 2 heterocycles. The zero-order valence-electron chi connectivity index (χ0n) is 17.8. The molecule has 5 nitrogen and oxygen atoms in total. The van der Waals surface area contributed by atoms with E-state index in [2.05, 4.69) is 0 Å². The van der Waals surface area contributed by atoms with Gasteiger partial charge in [-0.15, -0.1) is 0 Å². The minimum atomic E-state index is -0.553. The average Bonchev–Trinajstić information content (AvgIpc) is 2.72. The molecule has 0 radical (unpaired) electrons. The van der Waals surface area contributed by atoms with Gasteiger partial charge in [-0.2, -0.15) is 0 Å². The standard InChI is InChI=1S/C24H25ClFNO4/c1-24(2,3)31-23(28)27-11-9-15(10-12-27)17-5-4-6-20-22(17)29-14-21(30-20)18-8-7-16(25)13-19(18)26/h4-9,13,21H,10-12,14H2,1-3H3. The Bertz CT molecular complexity index is 1030. The van der Waals surface area contributed by atoms with E-state index in [-0.39, 0.29) is 12.7 Å². The summed E-state index contributed by atoms with van der Waals surface area (Å²) in [6, 6.07) is 10.2. The zero-order valence-corrected chi connectivity index (χ0v) is 18.5. The third-order valence-corrected chi connectivity index (χ3v) is 5.38. The van der Waals surface area contributed by atoms with Gasteiger partial charge in [-0.1, -0.05) is 35.9 Å². The van der Waals surface area contributed by atoms with E-state index in [0.29, 0.717) is 41.6 Å². The van der Waals surface area contributed by atoms with Crippen LogP contribution in [0.1, 0.15) is 44.4 Å². The molecule has 2 aliphatic heterocycles. The van der Waals surface area contributed by atoms with Gasteiger partial charge in [0.1, 0.15) is 18.0 Å². The second kappa shape index (κ2) is 8.42. The Morgan fingerprint density at radius 3 is 2.74 bits per heavy atom. The van der Waals surface area contributed by atoms with Crippen LogP contribution in [0.2, 0.25) is 5.02 Å². The van der Waals surface area contributed by atoms with Crippen molar-refractivity contribution in [1.82, 2.24) is 4.90 Å². The highest BCUT2D eigenvalue weighted by molar-refractivity contribution is 6.30. The van der Waals surface area contributed by atoms with Gasteiger partial charge >= 0.3 is 6.09 Å². The van der Waals surface area contributed by atoms with Gasteiger partial charge in [-0.3, -0.25) is 0 Å². The number of halogens is 2. The summed E-state index contributed by atoms with van der Waals surface area (Å²) in [5.74, 6) is 0.793. The summed E-state index contributed by atoms with van der Waals surface area (Å²) in [4.78, 5) is 14.0. The molecule has 1 amide bonds. The molecule has 2 aliphatic rings. The number of hydrogen-bond donors (Lipinski definition) is 0. The molecule has 0 spiro atoms. The fourth-order valence-electron chi connectivity index (χ4n) is 3.68. The Labute approximate surface area is 186 Å².